The van der Waals surface area contributed by atoms with E-state index in [-0.39, 0.29) is 0 Å². The molecule has 0 saturated heterocycles. The number of aromatic nitrogens is 2. The first kappa shape index (κ1) is 11.2. The fourth-order valence-corrected chi connectivity index (χ4v) is 2.00. The molecule has 1 aliphatic heterocycles. The van der Waals surface area contributed by atoms with Gasteiger partial charge in [-0.3, -0.25) is 0 Å². The fourth-order valence-electron chi connectivity index (χ4n) is 2.00. The SMILES string of the molecule is CCNCc1noc(-c2ccc3c(c2)CCO3)n1. The third kappa shape index (κ3) is 2.09. The molecule has 2 heterocycles. The highest BCUT2D eigenvalue weighted by Gasteiger charge is 2.15. The van der Waals surface area contributed by atoms with Crippen LogP contribution in [0.5, 0.6) is 5.75 Å². The molecular formula is C13H15N3O2. The Morgan fingerprint density at radius 1 is 1.39 bits per heavy atom. The van der Waals surface area contributed by atoms with E-state index in [4.69, 9.17) is 9.26 Å². The van der Waals surface area contributed by atoms with Crippen molar-refractivity contribution in [2.24, 2.45) is 0 Å². The van der Waals surface area contributed by atoms with E-state index in [1.165, 1.54) is 5.56 Å². The normalized spacial score (nSPS) is 13.4. The van der Waals surface area contributed by atoms with Gasteiger partial charge in [-0.1, -0.05) is 12.1 Å². The van der Waals surface area contributed by atoms with E-state index >= 15 is 0 Å². The van der Waals surface area contributed by atoms with Crippen LogP contribution in [0, 0.1) is 0 Å². The summed E-state index contributed by atoms with van der Waals surface area (Å²) in [6, 6.07) is 5.98. The number of ether oxygens (including phenoxy) is 1. The lowest BCUT2D eigenvalue weighted by Gasteiger charge is -1.99. The number of benzene rings is 1. The first-order chi connectivity index (χ1) is 8.86. The van der Waals surface area contributed by atoms with Crippen molar-refractivity contribution in [1.82, 2.24) is 15.5 Å². The molecule has 0 bridgehead atoms. The highest BCUT2D eigenvalue weighted by atomic mass is 16.5. The quantitative estimate of drug-likeness (QED) is 0.889. The number of nitrogens with zero attached hydrogens (tertiary/aromatic N) is 2. The molecule has 0 fully saturated rings. The third-order valence-electron chi connectivity index (χ3n) is 2.94. The van der Waals surface area contributed by atoms with Gasteiger partial charge in [0, 0.05) is 12.0 Å². The number of nitrogens with one attached hydrogen (secondary N) is 1. The van der Waals surface area contributed by atoms with Crippen LogP contribution in [0.25, 0.3) is 11.5 Å². The summed E-state index contributed by atoms with van der Waals surface area (Å²) >= 11 is 0. The summed E-state index contributed by atoms with van der Waals surface area (Å²) in [6.45, 7) is 4.32. The highest BCUT2D eigenvalue weighted by molar-refractivity contribution is 5.58. The Hall–Kier alpha value is -1.88. The van der Waals surface area contributed by atoms with E-state index in [9.17, 15) is 0 Å². The van der Waals surface area contributed by atoms with E-state index in [1.807, 2.05) is 19.1 Å². The summed E-state index contributed by atoms with van der Waals surface area (Å²) < 4.78 is 10.7. The lowest BCUT2D eigenvalue weighted by Crippen LogP contribution is -2.12. The molecule has 0 spiro atoms. The molecule has 0 aliphatic carbocycles. The molecule has 5 nitrogen and oxygen atoms in total. The molecule has 1 N–H and O–H groups in total. The van der Waals surface area contributed by atoms with Crippen LogP contribution in [0.2, 0.25) is 0 Å². The maximum atomic E-state index is 5.47. The van der Waals surface area contributed by atoms with Crippen LogP contribution in [-0.4, -0.2) is 23.3 Å². The van der Waals surface area contributed by atoms with E-state index in [2.05, 4.69) is 21.5 Å². The molecule has 5 heteroatoms. The van der Waals surface area contributed by atoms with Gasteiger partial charge in [-0.2, -0.15) is 4.98 Å². The van der Waals surface area contributed by atoms with Crippen molar-refractivity contribution in [3.8, 4) is 17.2 Å². The molecular weight excluding hydrogens is 230 g/mol. The number of hydrogen-bond donors (Lipinski definition) is 1. The Morgan fingerprint density at radius 2 is 2.33 bits per heavy atom. The summed E-state index contributed by atoms with van der Waals surface area (Å²) in [7, 11) is 0. The number of hydrogen-bond acceptors (Lipinski definition) is 5. The van der Waals surface area contributed by atoms with Crippen molar-refractivity contribution in [2.75, 3.05) is 13.2 Å². The zero-order valence-electron chi connectivity index (χ0n) is 10.3. The Morgan fingerprint density at radius 3 is 3.22 bits per heavy atom. The number of fused-ring (bicyclic) bond motifs is 1. The van der Waals surface area contributed by atoms with Gasteiger partial charge in [-0.05, 0) is 30.3 Å². The Bertz CT molecular complexity index is 551. The molecule has 0 amide bonds. The second-order valence-corrected chi connectivity index (χ2v) is 4.22. The predicted octanol–water partition coefficient (Wildman–Crippen LogP) is 1.78. The van der Waals surface area contributed by atoms with Gasteiger partial charge >= 0.3 is 0 Å². The molecule has 2 aromatic rings. The maximum Gasteiger partial charge on any atom is 0.257 e. The van der Waals surface area contributed by atoms with Gasteiger partial charge in [0.15, 0.2) is 5.82 Å². The van der Waals surface area contributed by atoms with Crippen molar-refractivity contribution in [3.05, 3.63) is 29.6 Å². The average Bonchev–Trinajstić information content (AvgIpc) is 3.04. The molecule has 1 aromatic heterocycles. The Kier molecular flexibility index (Phi) is 2.98. The summed E-state index contributed by atoms with van der Waals surface area (Å²) in [5.74, 6) is 2.22. The zero-order chi connectivity index (χ0) is 12.4. The first-order valence-corrected chi connectivity index (χ1v) is 6.16. The average molecular weight is 245 g/mol. The largest absolute Gasteiger partial charge is 0.493 e. The lowest BCUT2D eigenvalue weighted by atomic mass is 10.1. The summed E-state index contributed by atoms with van der Waals surface area (Å²) in [5, 5.41) is 7.11. The van der Waals surface area contributed by atoms with Crippen molar-refractivity contribution < 1.29 is 9.26 Å². The Labute approximate surface area is 105 Å². The van der Waals surface area contributed by atoms with Crippen LogP contribution in [0.1, 0.15) is 18.3 Å². The van der Waals surface area contributed by atoms with E-state index < -0.39 is 0 Å². The van der Waals surface area contributed by atoms with Crippen molar-refractivity contribution in [1.29, 1.82) is 0 Å². The molecule has 1 aliphatic rings. The monoisotopic (exact) mass is 245 g/mol. The van der Waals surface area contributed by atoms with Crippen molar-refractivity contribution in [3.63, 3.8) is 0 Å². The van der Waals surface area contributed by atoms with Gasteiger partial charge < -0.3 is 14.6 Å². The maximum absolute atomic E-state index is 5.47. The molecule has 94 valence electrons. The van der Waals surface area contributed by atoms with Crippen LogP contribution in [0.4, 0.5) is 0 Å². The van der Waals surface area contributed by atoms with E-state index in [0.29, 0.717) is 18.3 Å². The summed E-state index contributed by atoms with van der Waals surface area (Å²) in [4.78, 5) is 4.36. The topological polar surface area (TPSA) is 60.2 Å². The summed E-state index contributed by atoms with van der Waals surface area (Å²) in [5.41, 5.74) is 2.16. The van der Waals surface area contributed by atoms with Crippen molar-refractivity contribution in [2.45, 2.75) is 19.9 Å². The van der Waals surface area contributed by atoms with Crippen LogP contribution >= 0.6 is 0 Å². The molecule has 0 atom stereocenters. The third-order valence-corrected chi connectivity index (χ3v) is 2.94. The molecule has 0 unspecified atom stereocenters. The molecule has 0 saturated carbocycles. The standard InChI is InChI=1S/C13H15N3O2/c1-2-14-8-12-15-13(18-16-12)10-3-4-11-9(7-10)5-6-17-11/h3-4,7,14H,2,5-6,8H2,1H3. The lowest BCUT2D eigenvalue weighted by molar-refractivity contribution is 0.357. The minimum absolute atomic E-state index is 0.567. The van der Waals surface area contributed by atoms with Crippen LogP contribution in [-0.2, 0) is 13.0 Å². The molecule has 18 heavy (non-hydrogen) atoms. The molecule has 1 aromatic carbocycles. The van der Waals surface area contributed by atoms with Gasteiger partial charge in [0.1, 0.15) is 5.75 Å². The summed E-state index contributed by atoms with van der Waals surface area (Å²) in [6.07, 6.45) is 0.946. The number of rotatable bonds is 4. The second-order valence-electron chi connectivity index (χ2n) is 4.22. The fraction of sp³-hybridized carbons (Fsp3) is 0.385. The van der Waals surface area contributed by atoms with E-state index in [1.54, 1.807) is 0 Å². The molecule has 3 rings (SSSR count). The second kappa shape index (κ2) is 4.78. The minimum atomic E-state index is 0.567. The molecule has 0 radical (unpaired) electrons. The van der Waals surface area contributed by atoms with Gasteiger partial charge in [0.2, 0.25) is 0 Å². The van der Waals surface area contributed by atoms with Gasteiger partial charge in [-0.25, -0.2) is 0 Å². The smallest absolute Gasteiger partial charge is 0.257 e. The van der Waals surface area contributed by atoms with Gasteiger partial charge in [0.05, 0.1) is 13.2 Å². The van der Waals surface area contributed by atoms with Crippen LogP contribution in [0.3, 0.4) is 0 Å². The zero-order valence-corrected chi connectivity index (χ0v) is 10.3. The van der Waals surface area contributed by atoms with E-state index in [0.717, 1.165) is 30.9 Å². The first-order valence-electron chi connectivity index (χ1n) is 6.16. The van der Waals surface area contributed by atoms with Crippen molar-refractivity contribution >= 4 is 0 Å². The van der Waals surface area contributed by atoms with Crippen LogP contribution in [0.15, 0.2) is 22.7 Å². The van der Waals surface area contributed by atoms with Crippen LogP contribution < -0.4 is 10.1 Å². The highest BCUT2D eigenvalue weighted by Crippen LogP contribution is 2.29. The predicted molar refractivity (Wildman–Crippen MR) is 66.3 cm³/mol. The Balaban J connectivity index is 1.83. The minimum Gasteiger partial charge on any atom is -0.493 e. The van der Waals surface area contributed by atoms with Gasteiger partial charge in [-0.15, -0.1) is 0 Å². The van der Waals surface area contributed by atoms with Gasteiger partial charge in [0.25, 0.3) is 5.89 Å².